The predicted molar refractivity (Wildman–Crippen MR) is 102 cm³/mol. The standard InChI is InChI=1S/C19H32N2O3S/c1-14(2)21(8)25(23,24)16-11-9-15(10-12-16)17(22)20-19(6,7)13-18(3,4)5/h9-12,14H,13H2,1-8H3,(H,20,22). The molecule has 0 aliphatic carbocycles. The number of carbonyl (C=O) groups excluding carboxylic acids is 1. The molecule has 0 saturated carbocycles. The first-order valence-electron chi connectivity index (χ1n) is 8.56. The van der Waals surface area contributed by atoms with E-state index in [1.165, 1.54) is 16.4 Å². The van der Waals surface area contributed by atoms with Gasteiger partial charge in [-0.1, -0.05) is 20.8 Å². The van der Waals surface area contributed by atoms with Gasteiger partial charge in [-0.2, -0.15) is 4.31 Å². The van der Waals surface area contributed by atoms with Crippen molar-refractivity contribution in [1.29, 1.82) is 0 Å². The van der Waals surface area contributed by atoms with E-state index in [-0.39, 0.29) is 27.8 Å². The van der Waals surface area contributed by atoms with E-state index >= 15 is 0 Å². The van der Waals surface area contributed by atoms with Crippen LogP contribution in [0.25, 0.3) is 0 Å². The molecule has 1 amide bonds. The fourth-order valence-corrected chi connectivity index (χ4v) is 4.34. The number of nitrogens with zero attached hydrogens (tertiary/aromatic N) is 1. The van der Waals surface area contributed by atoms with E-state index < -0.39 is 10.0 Å². The second-order valence-electron chi connectivity index (χ2n) is 8.71. The van der Waals surface area contributed by atoms with Crippen LogP contribution in [0.5, 0.6) is 0 Å². The van der Waals surface area contributed by atoms with E-state index in [2.05, 4.69) is 26.1 Å². The molecule has 0 aliphatic heterocycles. The number of sulfonamides is 1. The van der Waals surface area contributed by atoms with Crippen LogP contribution in [-0.4, -0.2) is 37.3 Å². The maximum atomic E-state index is 12.5. The van der Waals surface area contributed by atoms with Gasteiger partial charge in [0, 0.05) is 24.2 Å². The van der Waals surface area contributed by atoms with E-state index in [1.54, 1.807) is 19.2 Å². The lowest BCUT2D eigenvalue weighted by atomic mass is 9.81. The van der Waals surface area contributed by atoms with Crippen molar-refractivity contribution in [2.24, 2.45) is 5.41 Å². The summed E-state index contributed by atoms with van der Waals surface area (Å²) in [6.07, 6.45) is 0.831. The normalized spacial score (nSPS) is 13.4. The van der Waals surface area contributed by atoms with E-state index in [4.69, 9.17) is 0 Å². The molecule has 5 nitrogen and oxygen atoms in total. The zero-order valence-corrected chi connectivity index (χ0v) is 17.5. The Labute approximate surface area is 152 Å². The van der Waals surface area contributed by atoms with Gasteiger partial charge in [0.2, 0.25) is 10.0 Å². The topological polar surface area (TPSA) is 66.5 Å². The molecular formula is C19H32N2O3S. The highest BCUT2D eigenvalue weighted by Crippen LogP contribution is 2.27. The monoisotopic (exact) mass is 368 g/mol. The van der Waals surface area contributed by atoms with Gasteiger partial charge in [0.25, 0.3) is 5.91 Å². The van der Waals surface area contributed by atoms with Crippen LogP contribution in [0.2, 0.25) is 0 Å². The molecule has 0 heterocycles. The van der Waals surface area contributed by atoms with Crippen molar-refractivity contribution >= 4 is 15.9 Å². The van der Waals surface area contributed by atoms with Crippen molar-refractivity contribution in [2.45, 2.75) is 71.4 Å². The average Bonchev–Trinajstić information content (AvgIpc) is 2.43. The molecule has 1 aromatic carbocycles. The molecule has 1 aromatic rings. The molecule has 142 valence electrons. The lowest BCUT2D eigenvalue weighted by molar-refractivity contribution is 0.0891. The molecule has 0 bridgehead atoms. The zero-order valence-electron chi connectivity index (χ0n) is 16.7. The van der Waals surface area contributed by atoms with Crippen molar-refractivity contribution < 1.29 is 13.2 Å². The largest absolute Gasteiger partial charge is 0.347 e. The first-order valence-corrected chi connectivity index (χ1v) is 10.0. The second-order valence-corrected chi connectivity index (χ2v) is 10.7. The third kappa shape index (κ3) is 6.12. The van der Waals surface area contributed by atoms with Crippen LogP contribution in [0, 0.1) is 5.41 Å². The van der Waals surface area contributed by atoms with Gasteiger partial charge >= 0.3 is 0 Å². The van der Waals surface area contributed by atoms with Gasteiger partial charge in [0.1, 0.15) is 0 Å². The lowest BCUT2D eigenvalue weighted by Gasteiger charge is -2.33. The Balaban J connectivity index is 2.95. The highest BCUT2D eigenvalue weighted by Gasteiger charge is 2.28. The summed E-state index contributed by atoms with van der Waals surface area (Å²) in [5.41, 5.74) is 0.196. The second kappa shape index (κ2) is 7.46. The van der Waals surface area contributed by atoms with E-state index in [0.717, 1.165) is 6.42 Å². The third-order valence-electron chi connectivity index (χ3n) is 3.94. The summed E-state index contributed by atoms with van der Waals surface area (Å²) in [7, 11) is -1.99. The van der Waals surface area contributed by atoms with Crippen LogP contribution in [0.15, 0.2) is 29.2 Å². The molecule has 0 aliphatic rings. The van der Waals surface area contributed by atoms with Gasteiger partial charge in [-0.15, -0.1) is 0 Å². The molecule has 1 N–H and O–H groups in total. The molecule has 0 fully saturated rings. The summed E-state index contributed by atoms with van der Waals surface area (Å²) < 4.78 is 26.2. The number of hydrogen-bond donors (Lipinski definition) is 1. The van der Waals surface area contributed by atoms with Crippen molar-refractivity contribution in [3.05, 3.63) is 29.8 Å². The van der Waals surface area contributed by atoms with Gasteiger partial charge in [0.15, 0.2) is 0 Å². The molecule has 25 heavy (non-hydrogen) atoms. The van der Waals surface area contributed by atoms with Crippen LogP contribution < -0.4 is 5.32 Å². The van der Waals surface area contributed by atoms with Crippen molar-refractivity contribution in [1.82, 2.24) is 9.62 Å². The fourth-order valence-electron chi connectivity index (χ4n) is 2.97. The number of hydrogen-bond acceptors (Lipinski definition) is 3. The van der Waals surface area contributed by atoms with Gasteiger partial charge in [-0.05, 0) is 63.8 Å². The summed E-state index contributed by atoms with van der Waals surface area (Å²) in [4.78, 5) is 12.7. The Morgan fingerprint density at radius 1 is 1.08 bits per heavy atom. The van der Waals surface area contributed by atoms with E-state index in [0.29, 0.717) is 5.56 Å². The van der Waals surface area contributed by atoms with Gasteiger partial charge in [-0.3, -0.25) is 4.79 Å². The average molecular weight is 369 g/mol. The van der Waals surface area contributed by atoms with Crippen LogP contribution in [-0.2, 0) is 10.0 Å². The zero-order chi connectivity index (χ0) is 19.6. The van der Waals surface area contributed by atoms with Gasteiger partial charge < -0.3 is 5.32 Å². The van der Waals surface area contributed by atoms with E-state index in [9.17, 15) is 13.2 Å². The number of nitrogens with one attached hydrogen (secondary N) is 1. The molecule has 0 atom stereocenters. The quantitative estimate of drug-likeness (QED) is 0.833. The highest BCUT2D eigenvalue weighted by molar-refractivity contribution is 7.89. The Morgan fingerprint density at radius 2 is 1.56 bits per heavy atom. The fraction of sp³-hybridized carbons (Fsp3) is 0.632. The summed E-state index contributed by atoms with van der Waals surface area (Å²) in [5, 5.41) is 3.03. The molecule has 1 rings (SSSR count). The van der Waals surface area contributed by atoms with Crippen LogP contribution in [0.1, 0.15) is 65.2 Å². The Bertz CT molecular complexity index is 699. The molecule has 0 aromatic heterocycles. The smallest absolute Gasteiger partial charge is 0.251 e. The molecule has 0 saturated heterocycles. The van der Waals surface area contributed by atoms with Crippen LogP contribution in [0.3, 0.4) is 0 Å². The first kappa shape index (κ1) is 21.6. The van der Waals surface area contributed by atoms with Gasteiger partial charge in [-0.25, -0.2) is 8.42 Å². The van der Waals surface area contributed by atoms with Crippen molar-refractivity contribution in [2.75, 3.05) is 7.05 Å². The Morgan fingerprint density at radius 3 is 1.96 bits per heavy atom. The number of rotatable bonds is 6. The minimum atomic E-state index is -3.54. The predicted octanol–water partition coefficient (Wildman–Crippen LogP) is 3.66. The molecule has 0 spiro atoms. The van der Waals surface area contributed by atoms with E-state index in [1.807, 2.05) is 27.7 Å². The lowest BCUT2D eigenvalue weighted by Crippen LogP contribution is -2.45. The van der Waals surface area contributed by atoms with Crippen molar-refractivity contribution in [3.63, 3.8) is 0 Å². The molecule has 6 heteroatoms. The Hall–Kier alpha value is -1.40. The van der Waals surface area contributed by atoms with Crippen LogP contribution in [0.4, 0.5) is 0 Å². The maximum Gasteiger partial charge on any atom is 0.251 e. The number of carbonyl (C=O) groups is 1. The minimum Gasteiger partial charge on any atom is -0.347 e. The highest BCUT2D eigenvalue weighted by atomic mass is 32.2. The first-order chi connectivity index (χ1) is 11.2. The summed E-state index contributed by atoms with van der Waals surface area (Å²) >= 11 is 0. The summed E-state index contributed by atoms with van der Waals surface area (Å²) in [6.45, 7) is 14.0. The third-order valence-corrected chi connectivity index (χ3v) is 5.99. The van der Waals surface area contributed by atoms with Gasteiger partial charge in [0.05, 0.1) is 4.90 Å². The molecule has 0 unspecified atom stereocenters. The number of benzene rings is 1. The van der Waals surface area contributed by atoms with Crippen molar-refractivity contribution in [3.8, 4) is 0 Å². The number of amides is 1. The Kier molecular flexibility index (Phi) is 6.46. The summed E-state index contributed by atoms with van der Waals surface area (Å²) in [5.74, 6) is -0.199. The summed E-state index contributed by atoms with van der Waals surface area (Å²) in [6, 6.07) is 5.96. The molecule has 0 radical (unpaired) electrons. The minimum absolute atomic E-state index is 0.0934. The molecular weight excluding hydrogens is 336 g/mol. The maximum absolute atomic E-state index is 12.5. The SMILES string of the molecule is CC(C)N(C)S(=O)(=O)c1ccc(C(=O)NC(C)(C)CC(C)(C)C)cc1. The van der Waals surface area contributed by atoms with Crippen LogP contribution >= 0.6 is 0 Å².